The van der Waals surface area contributed by atoms with E-state index in [0.29, 0.717) is 24.2 Å². The van der Waals surface area contributed by atoms with Crippen molar-refractivity contribution in [2.75, 3.05) is 19.6 Å². The van der Waals surface area contributed by atoms with Crippen LogP contribution in [0.5, 0.6) is 0 Å². The molecule has 1 aromatic carbocycles. The average molecular weight is 357 g/mol. The molecule has 2 fully saturated rings. The van der Waals surface area contributed by atoms with Gasteiger partial charge in [-0.25, -0.2) is 0 Å². The van der Waals surface area contributed by atoms with E-state index in [2.05, 4.69) is 24.1 Å². The van der Waals surface area contributed by atoms with Crippen LogP contribution in [0.4, 0.5) is 0 Å². The van der Waals surface area contributed by atoms with Gasteiger partial charge in [0.05, 0.1) is 12.2 Å². The Balaban J connectivity index is 1.46. The van der Waals surface area contributed by atoms with E-state index in [1.165, 1.54) is 12.8 Å². The highest BCUT2D eigenvalue weighted by atomic mass is 16.5. The van der Waals surface area contributed by atoms with E-state index in [-0.39, 0.29) is 5.91 Å². The third kappa shape index (κ3) is 5.96. The maximum atomic E-state index is 12.2. The summed E-state index contributed by atoms with van der Waals surface area (Å²) >= 11 is 0. The highest BCUT2D eigenvalue weighted by molar-refractivity contribution is 5.91. The van der Waals surface area contributed by atoms with Crippen LogP contribution in [0.25, 0.3) is 6.08 Å². The zero-order valence-electron chi connectivity index (χ0n) is 16.1. The van der Waals surface area contributed by atoms with Gasteiger partial charge in [-0.3, -0.25) is 9.69 Å². The lowest BCUT2D eigenvalue weighted by Gasteiger charge is -2.39. The molecule has 1 aliphatic carbocycles. The minimum Gasteiger partial charge on any atom is -0.373 e. The number of carbonyl (C=O) groups is 1. The van der Waals surface area contributed by atoms with Crippen LogP contribution >= 0.6 is 0 Å². The number of hydrogen-bond acceptors (Lipinski definition) is 3. The fourth-order valence-electron chi connectivity index (χ4n) is 4.37. The van der Waals surface area contributed by atoms with Crippen LogP contribution in [0, 0.1) is 5.92 Å². The Hall–Kier alpha value is -1.65. The fourth-order valence-corrected chi connectivity index (χ4v) is 4.37. The average Bonchev–Trinajstić information content (AvgIpc) is 2.60. The lowest BCUT2D eigenvalue weighted by molar-refractivity contribution is -0.117. The molecule has 1 N–H and O–H groups in total. The molecule has 1 aliphatic heterocycles. The van der Waals surface area contributed by atoms with Crippen molar-refractivity contribution in [3.05, 3.63) is 42.0 Å². The molecule has 0 aromatic heterocycles. The third-order valence-corrected chi connectivity index (χ3v) is 5.37. The summed E-state index contributed by atoms with van der Waals surface area (Å²) in [6.07, 6.45) is 8.83. The number of carbonyl (C=O) groups excluding carboxylic acids is 1. The Morgan fingerprint density at radius 1 is 1.19 bits per heavy atom. The van der Waals surface area contributed by atoms with Gasteiger partial charge in [0.1, 0.15) is 0 Å². The molecule has 0 radical (unpaired) electrons. The summed E-state index contributed by atoms with van der Waals surface area (Å²) in [7, 11) is 0. The van der Waals surface area contributed by atoms with Crippen molar-refractivity contribution in [1.82, 2.24) is 10.2 Å². The largest absolute Gasteiger partial charge is 0.373 e. The van der Waals surface area contributed by atoms with E-state index in [4.69, 9.17) is 4.74 Å². The molecule has 4 heteroatoms. The lowest BCUT2D eigenvalue weighted by Crippen LogP contribution is -2.48. The van der Waals surface area contributed by atoms with Gasteiger partial charge in [-0.2, -0.15) is 0 Å². The maximum Gasteiger partial charge on any atom is 0.244 e. The molecular weight excluding hydrogens is 324 g/mol. The van der Waals surface area contributed by atoms with E-state index >= 15 is 0 Å². The monoisotopic (exact) mass is 356 g/mol. The first kappa shape index (κ1) is 19.1. The molecule has 0 unspecified atom stereocenters. The summed E-state index contributed by atoms with van der Waals surface area (Å²) in [4.78, 5) is 14.8. The second-order valence-corrected chi connectivity index (χ2v) is 7.96. The van der Waals surface area contributed by atoms with E-state index in [9.17, 15) is 4.79 Å². The van der Waals surface area contributed by atoms with Crippen molar-refractivity contribution in [3.63, 3.8) is 0 Å². The standard InChI is InChI=1S/C22H32N2O2/c1-17-14-24(15-18(2)26-17)16-20-9-6-10-21(13-20)23-22(25)12-11-19-7-4-3-5-8-19/h3-5,7-8,11-12,17-18,20-21H,6,9-10,13-16H2,1-2H3,(H,23,25)/t17-,18+,20-,21-/m1/s1. The molecule has 1 aromatic rings. The first-order valence-electron chi connectivity index (χ1n) is 10.00. The quantitative estimate of drug-likeness (QED) is 0.821. The molecule has 1 amide bonds. The van der Waals surface area contributed by atoms with Gasteiger partial charge in [-0.05, 0) is 50.7 Å². The smallest absolute Gasteiger partial charge is 0.244 e. The highest BCUT2D eigenvalue weighted by Crippen LogP contribution is 2.26. The van der Waals surface area contributed by atoms with Crippen LogP contribution in [0.1, 0.15) is 45.1 Å². The van der Waals surface area contributed by atoms with Gasteiger partial charge in [-0.1, -0.05) is 36.8 Å². The zero-order valence-corrected chi connectivity index (χ0v) is 16.1. The van der Waals surface area contributed by atoms with Gasteiger partial charge in [0.25, 0.3) is 0 Å². The van der Waals surface area contributed by atoms with Crippen molar-refractivity contribution < 1.29 is 9.53 Å². The molecule has 1 saturated heterocycles. The van der Waals surface area contributed by atoms with Gasteiger partial charge in [0.2, 0.25) is 5.91 Å². The molecule has 0 bridgehead atoms. The molecule has 0 spiro atoms. The van der Waals surface area contributed by atoms with Gasteiger partial charge < -0.3 is 10.1 Å². The topological polar surface area (TPSA) is 41.6 Å². The number of benzene rings is 1. The Morgan fingerprint density at radius 2 is 1.92 bits per heavy atom. The Morgan fingerprint density at radius 3 is 2.65 bits per heavy atom. The van der Waals surface area contributed by atoms with Gasteiger partial charge in [0.15, 0.2) is 0 Å². The number of ether oxygens (including phenoxy) is 1. The second kappa shape index (κ2) is 9.33. The van der Waals surface area contributed by atoms with Gasteiger partial charge in [-0.15, -0.1) is 0 Å². The summed E-state index contributed by atoms with van der Waals surface area (Å²) in [5.74, 6) is 0.692. The summed E-state index contributed by atoms with van der Waals surface area (Å²) in [5.41, 5.74) is 1.06. The fraction of sp³-hybridized carbons (Fsp3) is 0.591. The number of hydrogen-bond donors (Lipinski definition) is 1. The molecule has 4 atom stereocenters. The summed E-state index contributed by atoms with van der Waals surface area (Å²) in [6.45, 7) is 7.50. The van der Waals surface area contributed by atoms with Crippen LogP contribution < -0.4 is 5.32 Å². The van der Waals surface area contributed by atoms with Crippen molar-refractivity contribution in [3.8, 4) is 0 Å². The van der Waals surface area contributed by atoms with E-state index in [1.807, 2.05) is 36.4 Å². The van der Waals surface area contributed by atoms with Gasteiger partial charge in [0, 0.05) is 31.8 Å². The normalized spacial score (nSPS) is 30.4. The van der Waals surface area contributed by atoms with E-state index < -0.39 is 0 Å². The first-order valence-corrected chi connectivity index (χ1v) is 10.00. The predicted octanol–water partition coefficient (Wildman–Crippen LogP) is 3.48. The van der Waals surface area contributed by atoms with Crippen molar-refractivity contribution >= 4 is 12.0 Å². The van der Waals surface area contributed by atoms with Gasteiger partial charge >= 0.3 is 0 Å². The minimum absolute atomic E-state index is 0.0214. The molecule has 1 saturated carbocycles. The van der Waals surface area contributed by atoms with Crippen LogP contribution in [0.3, 0.4) is 0 Å². The van der Waals surface area contributed by atoms with E-state index in [0.717, 1.165) is 38.0 Å². The zero-order chi connectivity index (χ0) is 18.4. The van der Waals surface area contributed by atoms with Crippen LogP contribution in [-0.2, 0) is 9.53 Å². The molecule has 3 rings (SSSR count). The minimum atomic E-state index is 0.0214. The van der Waals surface area contributed by atoms with Crippen LogP contribution in [0.2, 0.25) is 0 Å². The van der Waals surface area contributed by atoms with Crippen LogP contribution in [-0.4, -0.2) is 48.7 Å². The van der Waals surface area contributed by atoms with E-state index in [1.54, 1.807) is 6.08 Å². The van der Waals surface area contributed by atoms with Crippen molar-refractivity contribution in [2.45, 2.75) is 57.8 Å². The number of nitrogens with one attached hydrogen (secondary N) is 1. The Bertz CT molecular complexity index is 591. The Labute approximate surface area is 157 Å². The number of morpholine rings is 1. The highest BCUT2D eigenvalue weighted by Gasteiger charge is 2.28. The molecule has 2 aliphatic rings. The summed E-state index contributed by atoms with van der Waals surface area (Å²) in [5, 5.41) is 3.20. The first-order chi connectivity index (χ1) is 12.6. The SMILES string of the molecule is C[C@@H]1CN(C[C@@H]2CCC[C@@H](NC(=O)C=Cc3ccccc3)C2)C[C@H](C)O1. The molecule has 26 heavy (non-hydrogen) atoms. The number of rotatable bonds is 5. The number of nitrogens with zero attached hydrogens (tertiary/aromatic N) is 1. The Kier molecular flexibility index (Phi) is 6.86. The number of amides is 1. The molecule has 142 valence electrons. The maximum absolute atomic E-state index is 12.2. The van der Waals surface area contributed by atoms with Crippen LogP contribution in [0.15, 0.2) is 36.4 Å². The third-order valence-electron chi connectivity index (χ3n) is 5.37. The second-order valence-electron chi connectivity index (χ2n) is 7.96. The molecule has 1 heterocycles. The molecule has 4 nitrogen and oxygen atoms in total. The predicted molar refractivity (Wildman–Crippen MR) is 106 cm³/mol. The lowest BCUT2D eigenvalue weighted by atomic mass is 9.85. The molecular formula is C22H32N2O2. The van der Waals surface area contributed by atoms with Crippen molar-refractivity contribution in [1.29, 1.82) is 0 Å². The van der Waals surface area contributed by atoms with Crippen molar-refractivity contribution in [2.24, 2.45) is 5.92 Å². The summed E-state index contributed by atoms with van der Waals surface area (Å²) in [6, 6.07) is 10.3. The summed E-state index contributed by atoms with van der Waals surface area (Å²) < 4.78 is 5.84.